The molecule has 1 fully saturated rings. The number of hydrogen-bond donors (Lipinski definition) is 4. The highest BCUT2D eigenvalue weighted by Crippen LogP contribution is 2.47. The van der Waals surface area contributed by atoms with Gasteiger partial charge in [-0.2, -0.15) is 5.10 Å². The van der Waals surface area contributed by atoms with Gasteiger partial charge in [-0.3, -0.25) is 9.66 Å². The van der Waals surface area contributed by atoms with Crippen molar-refractivity contribution in [2.75, 3.05) is 38.4 Å². The molecule has 12 nitrogen and oxygen atoms in total. The number of nitrogen functional groups attached to an aromatic ring is 1. The average Bonchev–Trinajstić information content (AvgIpc) is 3.44. The van der Waals surface area contributed by atoms with E-state index in [1.807, 2.05) is 78.9 Å². The van der Waals surface area contributed by atoms with Gasteiger partial charge >= 0.3 is 13.6 Å². The quantitative estimate of drug-likeness (QED) is 0.0947. The number of urea groups is 1. The third-order valence-electron chi connectivity index (χ3n) is 8.60. The first kappa shape index (κ1) is 35.5. The number of carbonyl (C=O) groups excluding carboxylic acids is 1. The highest BCUT2D eigenvalue weighted by Gasteiger charge is 2.46. The summed E-state index contributed by atoms with van der Waals surface area (Å²) in [6.45, 7) is 4.49. The number of nitrogens with zero attached hydrogens (tertiary/aromatic N) is 3. The zero-order valence-corrected chi connectivity index (χ0v) is 28.4. The second-order valence-corrected chi connectivity index (χ2v) is 13.9. The molecular formula is C35H46N5O7P. The normalized spacial score (nSPS) is 20.4. The van der Waals surface area contributed by atoms with Crippen molar-refractivity contribution < 1.29 is 33.4 Å². The fourth-order valence-corrected chi connectivity index (χ4v) is 7.65. The van der Waals surface area contributed by atoms with Crippen molar-refractivity contribution in [3.05, 3.63) is 95.6 Å². The summed E-state index contributed by atoms with van der Waals surface area (Å²) in [5.74, 6) is 0.355. The predicted octanol–water partition coefficient (Wildman–Crippen LogP) is 4.96. The molecule has 0 saturated carbocycles. The first-order valence-electron chi connectivity index (χ1n) is 16.4. The average molecular weight is 680 g/mol. The van der Waals surface area contributed by atoms with Crippen LogP contribution in [0.1, 0.15) is 37.0 Å². The Kier molecular flexibility index (Phi) is 12.3. The van der Waals surface area contributed by atoms with E-state index in [0.29, 0.717) is 25.1 Å². The maximum absolute atomic E-state index is 14.8. The summed E-state index contributed by atoms with van der Waals surface area (Å²) >= 11 is 0. The Hall–Kier alpha value is -3.77. The standard InChI is InChI=1S/C35H46N5O7P/c1-3-46-48(44,47-4-2)24-45-19-11-18-39-30(21-25-12-7-5-8-13-25)32(41)33(42)31(22-26-14-9-6-10-15-26)40(35(39)43)23-27-16-17-29-28(20-27)34(36)38-37-29/h5-10,12-17,20,30-33,41-42H,3-4,11,18-19,21-24H2,1-2H3,(H3,36,37,38)/t30-,31-,32+,33+/m1/s1. The number of aliphatic hydroxyl groups is 2. The number of aromatic nitrogens is 2. The van der Waals surface area contributed by atoms with Gasteiger partial charge in [0.25, 0.3) is 0 Å². The number of fused-ring (bicyclic) bond motifs is 1. The van der Waals surface area contributed by atoms with Crippen molar-refractivity contribution >= 4 is 30.3 Å². The van der Waals surface area contributed by atoms with Gasteiger partial charge in [0.05, 0.1) is 30.8 Å². The number of ether oxygens (including phenoxy) is 1. The van der Waals surface area contributed by atoms with Crippen LogP contribution < -0.4 is 5.73 Å². The molecule has 48 heavy (non-hydrogen) atoms. The lowest BCUT2D eigenvalue weighted by molar-refractivity contribution is -0.0406. The number of amides is 2. The molecule has 4 aromatic rings. The smallest absolute Gasteiger partial charge is 0.356 e. The third kappa shape index (κ3) is 8.63. The van der Waals surface area contributed by atoms with Crippen LogP contribution in [0.5, 0.6) is 0 Å². The summed E-state index contributed by atoms with van der Waals surface area (Å²) in [6, 6.07) is 23.1. The predicted molar refractivity (Wildman–Crippen MR) is 184 cm³/mol. The van der Waals surface area contributed by atoms with Crippen molar-refractivity contribution in [2.45, 2.75) is 63.9 Å². The van der Waals surface area contributed by atoms with Crippen molar-refractivity contribution in [1.82, 2.24) is 20.0 Å². The number of carbonyl (C=O) groups is 1. The van der Waals surface area contributed by atoms with Crippen molar-refractivity contribution in [3.8, 4) is 0 Å². The maximum atomic E-state index is 14.8. The number of aliphatic hydroxyl groups excluding tert-OH is 2. The largest absolute Gasteiger partial charge is 0.388 e. The summed E-state index contributed by atoms with van der Waals surface area (Å²) in [6.07, 6.45) is -1.67. The molecule has 0 unspecified atom stereocenters. The minimum atomic E-state index is -3.39. The van der Waals surface area contributed by atoms with E-state index < -0.39 is 31.9 Å². The van der Waals surface area contributed by atoms with Crippen molar-refractivity contribution in [1.29, 1.82) is 0 Å². The van der Waals surface area contributed by atoms with E-state index in [0.717, 1.165) is 27.6 Å². The van der Waals surface area contributed by atoms with Crippen molar-refractivity contribution in [3.63, 3.8) is 0 Å². The number of aromatic amines is 1. The molecule has 2 amide bonds. The zero-order chi connectivity index (χ0) is 34.1. The van der Waals surface area contributed by atoms with Crippen LogP contribution >= 0.6 is 7.60 Å². The van der Waals surface area contributed by atoms with Crippen LogP contribution in [0, 0.1) is 0 Å². The van der Waals surface area contributed by atoms with Crippen LogP contribution in [-0.2, 0) is 37.7 Å². The lowest BCUT2D eigenvalue weighted by atomic mass is 9.91. The fraction of sp³-hybridized carbons (Fsp3) is 0.429. The van der Waals surface area contributed by atoms with E-state index in [1.165, 1.54) is 0 Å². The summed E-state index contributed by atoms with van der Waals surface area (Å²) < 4.78 is 29.3. The summed E-state index contributed by atoms with van der Waals surface area (Å²) in [5.41, 5.74) is 9.53. The molecule has 13 heteroatoms. The SMILES string of the molecule is CCOP(=O)(COCCCN1C(=O)N(Cc2ccc3[nH]nc(N)c3c2)[C@H](Cc2ccccc2)[C@H](O)[C@@H](O)[C@H]1Cc1ccccc1)OCC. The molecule has 0 radical (unpaired) electrons. The zero-order valence-electron chi connectivity index (χ0n) is 27.5. The fourth-order valence-electron chi connectivity index (χ4n) is 6.29. The topological polar surface area (TPSA) is 163 Å². The summed E-state index contributed by atoms with van der Waals surface area (Å²) in [5, 5.41) is 31.5. The number of H-pyrrole nitrogens is 1. The van der Waals surface area contributed by atoms with E-state index in [-0.39, 0.29) is 45.3 Å². The van der Waals surface area contributed by atoms with Gasteiger partial charge in [-0.05, 0) is 61.9 Å². The van der Waals surface area contributed by atoms with Gasteiger partial charge in [0.1, 0.15) is 18.6 Å². The van der Waals surface area contributed by atoms with Crippen LogP contribution in [0.4, 0.5) is 10.6 Å². The van der Waals surface area contributed by atoms with Gasteiger partial charge in [0.15, 0.2) is 5.82 Å². The molecular weight excluding hydrogens is 633 g/mol. The number of nitrogens with two attached hydrogens (primary N) is 1. The van der Waals surface area contributed by atoms with Crippen LogP contribution in [-0.4, -0.2) is 93.2 Å². The Morgan fingerprint density at radius 1 is 0.854 bits per heavy atom. The van der Waals surface area contributed by atoms with Gasteiger partial charge < -0.3 is 39.5 Å². The second-order valence-electron chi connectivity index (χ2n) is 11.9. The number of benzene rings is 3. The van der Waals surface area contributed by atoms with Gasteiger partial charge in [0.2, 0.25) is 0 Å². The maximum Gasteiger partial charge on any atom is 0.356 e. The van der Waals surface area contributed by atoms with E-state index in [1.54, 1.807) is 23.6 Å². The Labute approximate surface area is 281 Å². The molecule has 1 aliphatic rings. The molecule has 2 heterocycles. The highest BCUT2D eigenvalue weighted by molar-refractivity contribution is 7.53. The van der Waals surface area contributed by atoms with Gasteiger partial charge in [-0.15, -0.1) is 0 Å². The Bertz CT molecular complexity index is 1650. The minimum absolute atomic E-state index is 0.164. The minimum Gasteiger partial charge on any atom is -0.388 e. The van der Waals surface area contributed by atoms with Crippen LogP contribution in [0.3, 0.4) is 0 Å². The second kappa shape index (κ2) is 16.6. The third-order valence-corrected chi connectivity index (χ3v) is 10.4. The molecule has 3 aromatic carbocycles. The van der Waals surface area contributed by atoms with Crippen LogP contribution in [0.2, 0.25) is 0 Å². The first-order valence-corrected chi connectivity index (χ1v) is 18.1. The lowest BCUT2D eigenvalue weighted by Gasteiger charge is -2.36. The van der Waals surface area contributed by atoms with Crippen LogP contribution in [0.15, 0.2) is 78.9 Å². The number of hydrogen-bond acceptors (Lipinski definition) is 9. The van der Waals surface area contributed by atoms with Crippen molar-refractivity contribution in [2.24, 2.45) is 0 Å². The first-order chi connectivity index (χ1) is 23.2. The van der Waals surface area contributed by atoms with E-state index in [4.69, 9.17) is 19.5 Å². The van der Waals surface area contributed by atoms with Gasteiger partial charge in [0, 0.05) is 25.1 Å². The highest BCUT2D eigenvalue weighted by atomic mass is 31.2. The molecule has 1 saturated heterocycles. The number of nitrogens with one attached hydrogen (secondary N) is 1. The molecule has 258 valence electrons. The van der Waals surface area contributed by atoms with Gasteiger partial charge in [-0.1, -0.05) is 66.7 Å². The Balaban J connectivity index is 1.46. The Morgan fingerprint density at radius 3 is 2.02 bits per heavy atom. The molecule has 0 spiro atoms. The van der Waals surface area contributed by atoms with Gasteiger partial charge in [-0.25, -0.2) is 4.79 Å². The Morgan fingerprint density at radius 2 is 1.44 bits per heavy atom. The number of rotatable bonds is 16. The molecule has 0 bridgehead atoms. The molecule has 5 N–H and O–H groups in total. The molecule has 4 atom stereocenters. The summed E-state index contributed by atoms with van der Waals surface area (Å²) in [7, 11) is -3.39. The molecule has 1 aromatic heterocycles. The van der Waals surface area contributed by atoms with E-state index in [9.17, 15) is 19.6 Å². The van der Waals surface area contributed by atoms with E-state index in [2.05, 4.69) is 10.2 Å². The monoisotopic (exact) mass is 679 g/mol. The number of anilines is 1. The molecule has 1 aliphatic heterocycles. The molecule has 0 aliphatic carbocycles. The van der Waals surface area contributed by atoms with Crippen LogP contribution in [0.25, 0.3) is 10.9 Å². The van der Waals surface area contributed by atoms with E-state index >= 15 is 0 Å². The molecule has 5 rings (SSSR count). The lowest BCUT2D eigenvalue weighted by Crippen LogP contribution is -2.51. The summed E-state index contributed by atoms with van der Waals surface area (Å²) in [4.78, 5) is 18.1.